The second kappa shape index (κ2) is 8.13. The van der Waals surface area contributed by atoms with Crippen LogP contribution >= 0.6 is 0 Å². The maximum Gasteiger partial charge on any atom is 0.214 e. The van der Waals surface area contributed by atoms with Gasteiger partial charge in [-0.1, -0.05) is 36.4 Å². The monoisotopic (exact) mass is 359 g/mol. The number of rotatable bonds is 9. The van der Waals surface area contributed by atoms with Gasteiger partial charge in [-0.25, -0.2) is 13.1 Å². The van der Waals surface area contributed by atoms with Crippen LogP contribution in [-0.4, -0.2) is 37.1 Å². The summed E-state index contributed by atoms with van der Waals surface area (Å²) in [5.74, 6) is 0.607. The van der Waals surface area contributed by atoms with Crippen molar-refractivity contribution in [3.63, 3.8) is 0 Å². The molecule has 2 aromatic carbocycles. The Labute approximate surface area is 147 Å². The van der Waals surface area contributed by atoms with Crippen LogP contribution in [0.4, 0.5) is 0 Å². The number of ether oxygens (including phenoxy) is 1. The lowest BCUT2D eigenvalue weighted by Crippen LogP contribution is -2.30. The molecule has 0 aliphatic rings. The van der Waals surface area contributed by atoms with E-state index in [4.69, 9.17) is 4.74 Å². The molecule has 0 spiro atoms. The normalized spacial score (nSPS) is 11.7. The Hall–Kier alpha value is -2.38. The summed E-state index contributed by atoms with van der Waals surface area (Å²) in [5.41, 5.74) is 1.06. The molecule has 0 aliphatic heterocycles. The van der Waals surface area contributed by atoms with E-state index in [-0.39, 0.29) is 12.4 Å². The highest BCUT2D eigenvalue weighted by molar-refractivity contribution is 7.89. The van der Waals surface area contributed by atoms with Crippen LogP contribution in [0.2, 0.25) is 0 Å². The summed E-state index contributed by atoms with van der Waals surface area (Å²) in [6, 6.07) is 17.1. The van der Waals surface area contributed by atoms with Gasteiger partial charge in [-0.2, -0.15) is 5.10 Å². The second-order valence-electron chi connectivity index (χ2n) is 5.65. The number of sulfonamides is 1. The minimum atomic E-state index is -3.34. The lowest BCUT2D eigenvalue weighted by atomic mass is 10.2. The number of para-hydroxylation sites is 2. The molecule has 3 aromatic rings. The van der Waals surface area contributed by atoms with Gasteiger partial charge in [0.25, 0.3) is 0 Å². The third kappa shape index (κ3) is 5.04. The smallest absolute Gasteiger partial charge is 0.214 e. The van der Waals surface area contributed by atoms with E-state index in [1.165, 1.54) is 0 Å². The maximum atomic E-state index is 12.0. The molecule has 0 bridgehead atoms. The highest BCUT2D eigenvalue weighted by Gasteiger charge is 2.10. The highest BCUT2D eigenvalue weighted by atomic mass is 32.2. The molecule has 25 heavy (non-hydrogen) atoms. The third-order valence-electron chi connectivity index (χ3n) is 3.78. The summed E-state index contributed by atoms with van der Waals surface area (Å²) in [6.07, 6.45) is 2.49. The van der Waals surface area contributed by atoms with Gasteiger partial charge in [0.1, 0.15) is 12.4 Å². The topological polar surface area (TPSA) is 73.2 Å². The Morgan fingerprint density at radius 3 is 2.64 bits per heavy atom. The van der Waals surface area contributed by atoms with E-state index in [1.54, 1.807) is 12.1 Å². The van der Waals surface area contributed by atoms with Gasteiger partial charge >= 0.3 is 0 Å². The van der Waals surface area contributed by atoms with E-state index >= 15 is 0 Å². The molecule has 0 saturated heterocycles. The SMILES string of the molecule is O=S(=O)(CCOc1ccccc1)NCCCn1ncc2ccccc21. The lowest BCUT2D eigenvalue weighted by Gasteiger charge is -2.09. The van der Waals surface area contributed by atoms with Gasteiger partial charge in [0, 0.05) is 18.5 Å². The minimum absolute atomic E-state index is 0.0629. The van der Waals surface area contributed by atoms with Gasteiger partial charge < -0.3 is 4.74 Å². The Kier molecular flexibility index (Phi) is 5.67. The summed E-state index contributed by atoms with van der Waals surface area (Å²) in [5, 5.41) is 5.42. The largest absolute Gasteiger partial charge is 0.492 e. The fourth-order valence-corrected chi connectivity index (χ4v) is 3.42. The predicted octanol–water partition coefficient (Wildman–Crippen LogP) is 2.42. The first kappa shape index (κ1) is 17.4. The first-order valence-corrected chi connectivity index (χ1v) is 9.85. The Morgan fingerprint density at radius 1 is 1.04 bits per heavy atom. The lowest BCUT2D eigenvalue weighted by molar-refractivity contribution is 0.340. The molecule has 1 aromatic heterocycles. The van der Waals surface area contributed by atoms with Crippen LogP contribution in [0.1, 0.15) is 6.42 Å². The van der Waals surface area contributed by atoms with Crippen molar-refractivity contribution in [3.05, 3.63) is 60.8 Å². The maximum absolute atomic E-state index is 12.0. The van der Waals surface area contributed by atoms with Crippen LogP contribution < -0.4 is 9.46 Å². The number of fused-ring (bicyclic) bond motifs is 1. The fraction of sp³-hybridized carbons (Fsp3) is 0.278. The van der Waals surface area contributed by atoms with Crippen LogP contribution in [0.5, 0.6) is 5.75 Å². The molecule has 0 unspecified atom stereocenters. The molecule has 3 rings (SSSR count). The van der Waals surface area contributed by atoms with E-state index in [9.17, 15) is 8.42 Å². The predicted molar refractivity (Wildman–Crippen MR) is 98.1 cm³/mol. The van der Waals surface area contributed by atoms with Gasteiger partial charge in [0.15, 0.2) is 0 Å². The van der Waals surface area contributed by atoms with Gasteiger partial charge in [0.2, 0.25) is 10.0 Å². The van der Waals surface area contributed by atoms with Crippen LogP contribution in [0.25, 0.3) is 10.9 Å². The molecular formula is C18H21N3O3S. The molecule has 7 heteroatoms. The summed E-state index contributed by atoms with van der Waals surface area (Å²) in [6.45, 7) is 1.17. The summed E-state index contributed by atoms with van der Waals surface area (Å²) >= 11 is 0. The van der Waals surface area contributed by atoms with Crippen molar-refractivity contribution in [3.8, 4) is 5.75 Å². The van der Waals surface area contributed by atoms with E-state index in [0.717, 1.165) is 10.9 Å². The second-order valence-corrected chi connectivity index (χ2v) is 7.58. The Bertz CT molecular complexity index is 907. The zero-order chi connectivity index (χ0) is 17.5. The fourth-order valence-electron chi connectivity index (χ4n) is 2.52. The van der Waals surface area contributed by atoms with Gasteiger partial charge in [-0.3, -0.25) is 4.68 Å². The van der Waals surface area contributed by atoms with Crippen molar-refractivity contribution < 1.29 is 13.2 Å². The van der Waals surface area contributed by atoms with Gasteiger partial charge in [0.05, 0.1) is 17.5 Å². The average molecular weight is 359 g/mol. The number of hydrogen-bond donors (Lipinski definition) is 1. The minimum Gasteiger partial charge on any atom is -0.492 e. The molecule has 1 N–H and O–H groups in total. The molecule has 0 amide bonds. The van der Waals surface area contributed by atoms with Crippen LogP contribution in [-0.2, 0) is 16.6 Å². The van der Waals surface area contributed by atoms with Crippen molar-refractivity contribution in [1.29, 1.82) is 0 Å². The van der Waals surface area contributed by atoms with Crippen molar-refractivity contribution in [2.24, 2.45) is 0 Å². The van der Waals surface area contributed by atoms with E-state index < -0.39 is 10.0 Å². The van der Waals surface area contributed by atoms with Crippen molar-refractivity contribution >= 4 is 20.9 Å². The molecule has 0 saturated carbocycles. The van der Waals surface area contributed by atoms with E-state index in [1.807, 2.05) is 53.3 Å². The van der Waals surface area contributed by atoms with Crippen molar-refractivity contribution in [2.75, 3.05) is 18.9 Å². The first-order chi connectivity index (χ1) is 12.1. The van der Waals surface area contributed by atoms with Crippen molar-refractivity contribution in [2.45, 2.75) is 13.0 Å². The summed E-state index contributed by atoms with van der Waals surface area (Å²) in [4.78, 5) is 0. The zero-order valence-corrected chi connectivity index (χ0v) is 14.7. The van der Waals surface area contributed by atoms with Crippen LogP contribution in [0, 0.1) is 0 Å². The molecule has 0 atom stereocenters. The summed E-state index contributed by atoms with van der Waals surface area (Å²) < 4.78 is 33.9. The van der Waals surface area contributed by atoms with Gasteiger partial charge in [-0.15, -0.1) is 0 Å². The molecule has 132 valence electrons. The molecule has 1 heterocycles. The van der Waals surface area contributed by atoms with Crippen molar-refractivity contribution in [1.82, 2.24) is 14.5 Å². The molecule has 0 fully saturated rings. The molecule has 6 nitrogen and oxygen atoms in total. The number of hydrogen-bond acceptors (Lipinski definition) is 4. The number of nitrogens with one attached hydrogen (secondary N) is 1. The number of aromatic nitrogens is 2. The number of benzene rings is 2. The van der Waals surface area contributed by atoms with Crippen LogP contribution in [0.3, 0.4) is 0 Å². The molecule has 0 radical (unpaired) electrons. The van der Waals surface area contributed by atoms with Crippen LogP contribution in [0.15, 0.2) is 60.8 Å². The summed E-state index contributed by atoms with van der Waals surface area (Å²) in [7, 11) is -3.34. The number of aryl methyl sites for hydroxylation is 1. The Balaban J connectivity index is 1.40. The zero-order valence-electron chi connectivity index (χ0n) is 13.8. The standard InChI is InChI=1S/C18H21N3O3S/c22-25(23,14-13-24-17-8-2-1-3-9-17)20-11-6-12-21-18-10-5-4-7-16(18)15-19-21/h1-5,7-10,15,20H,6,11-14H2. The first-order valence-electron chi connectivity index (χ1n) is 8.20. The third-order valence-corrected chi connectivity index (χ3v) is 5.13. The molecular weight excluding hydrogens is 338 g/mol. The van der Waals surface area contributed by atoms with E-state index in [2.05, 4.69) is 9.82 Å². The number of nitrogens with zero attached hydrogens (tertiary/aromatic N) is 2. The van der Waals surface area contributed by atoms with E-state index in [0.29, 0.717) is 25.3 Å². The average Bonchev–Trinajstić information content (AvgIpc) is 3.03. The van der Waals surface area contributed by atoms with Gasteiger partial charge in [-0.05, 0) is 24.6 Å². The highest BCUT2D eigenvalue weighted by Crippen LogP contribution is 2.12. The quantitative estimate of drug-likeness (QED) is 0.596. The Morgan fingerprint density at radius 2 is 1.80 bits per heavy atom. The molecule has 0 aliphatic carbocycles.